The van der Waals surface area contributed by atoms with E-state index in [2.05, 4.69) is 15.5 Å². The highest BCUT2D eigenvalue weighted by Gasteiger charge is 2.05. The van der Waals surface area contributed by atoms with Gasteiger partial charge in [0.25, 0.3) is 0 Å². The first kappa shape index (κ1) is 14.0. The molecule has 0 unspecified atom stereocenters. The molecular formula is C13H14N4O2S. The van der Waals surface area contributed by atoms with Crippen molar-refractivity contribution in [3.05, 3.63) is 52.0 Å². The molecule has 2 aromatic rings. The lowest BCUT2D eigenvalue weighted by Gasteiger charge is -2.04. The van der Waals surface area contributed by atoms with E-state index in [-0.39, 0.29) is 18.2 Å². The Kier molecular flexibility index (Phi) is 4.67. The number of nitrogens with one attached hydrogen (secondary N) is 1. The van der Waals surface area contributed by atoms with Crippen molar-refractivity contribution in [1.82, 2.24) is 10.3 Å². The summed E-state index contributed by atoms with van der Waals surface area (Å²) in [6, 6.07) is 6.96. The summed E-state index contributed by atoms with van der Waals surface area (Å²) in [4.78, 5) is 15.8. The Morgan fingerprint density at radius 3 is 2.75 bits per heavy atom. The summed E-state index contributed by atoms with van der Waals surface area (Å²) in [7, 11) is 0. The first-order valence-corrected chi connectivity index (χ1v) is 6.84. The molecule has 0 spiro atoms. The Labute approximate surface area is 120 Å². The van der Waals surface area contributed by atoms with Crippen LogP contribution in [0.25, 0.3) is 0 Å². The normalized spacial score (nSPS) is 11.3. The number of carbonyl (C=O) groups excluding carboxylic acids is 1. The van der Waals surface area contributed by atoms with Gasteiger partial charge < -0.3 is 16.3 Å². The quantitative estimate of drug-likeness (QED) is 0.332. The minimum atomic E-state index is -0.0745. The molecule has 1 aromatic heterocycles. The SMILES string of the molecule is NC(=NO)c1ccc(CC(=O)NCc2cscn2)cc1. The molecule has 7 heteroatoms. The summed E-state index contributed by atoms with van der Waals surface area (Å²) in [5.74, 6) is -0.0286. The monoisotopic (exact) mass is 290 g/mol. The predicted molar refractivity (Wildman–Crippen MR) is 76.6 cm³/mol. The third-order valence-corrected chi connectivity index (χ3v) is 3.31. The second-order valence-corrected chi connectivity index (χ2v) is 4.83. The summed E-state index contributed by atoms with van der Waals surface area (Å²) in [6.07, 6.45) is 0.278. The van der Waals surface area contributed by atoms with Crippen LogP contribution in [0.3, 0.4) is 0 Å². The number of oxime groups is 1. The van der Waals surface area contributed by atoms with E-state index < -0.39 is 0 Å². The number of thiazole rings is 1. The van der Waals surface area contributed by atoms with Crippen LogP contribution in [-0.4, -0.2) is 21.9 Å². The van der Waals surface area contributed by atoms with E-state index in [1.807, 2.05) is 5.38 Å². The Balaban J connectivity index is 1.88. The maximum Gasteiger partial charge on any atom is 0.224 e. The minimum Gasteiger partial charge on any atom is -0.409 e. The molecular weight excluding hydrogens is 276 g/mol. The summed E-state index contributed by atoms with van der Waals surface area (Å²) in [6.45, 7) is 0.435. The molecule has 20 heavy (non-hydrogen) atoms. The fourth-order valence-electron chi connectivity index (χ4n) is 1.61. The van der Waals surface area contributed by atoms with E-state index in [4.69, 9.17) is 10.9 Å². The summed E-state index contributed by atoms with van der Waals surface area (Å²) < 4.78 is 0. The van der Waals surface area contributed by atoms with Crippen LogP contribution in [0.4, 0.5) is 0 Å². The van der Waals surface area contributed by atoms with Gasteiger partial charge in [-0.1, -0.05) is 29.4 Å². The van der Waals surface area contributed by atoms with Crippen LogP contribution in [0.15, 0.2) is 40.3 Å². The molecule has 0 aliphatic heterocycles. The highest BCUT2D eigenvalue weighted by molar-refractivity contribution is 7.07. The molecule has 0 atom stereocenters. The third-order valence-electron chi connectivity index (χ3n) is 2.67. The molecule has 0 fully saturated rings. The van der Waals surface area contributed by atoms with Crippen molar-refractivity contribution in [2.75, 3.05) is 0 Å². The zero-order chi connectivity index (χ0) is 14.4. The molecule has 1 amide bonds. The van der Waals surface area contributed by atoms with Crippen molar-refractivity contribution >= 4 is 23.1 Å². The van der Waals surface area contributed by atoms with Gasteiger partial charge in [0.1, 0.15) is 0 Å². The molecule has 0 saturated carbocycles. The molecule has 0 saturated heterocycles. The van der Waals surface area contributed by atoms with E-state index in [1.54, 1.807) is 29.8 Å². The molecule has 1 heterocycles. The number of carbonyl (C=O) groups is 1. The number of nitrogens with zero attached hydrogens (tertiary/aromatic N) is 2. The number of rotatable bonds is 5. The van der Waals surface area contributed by atoms with E-state index in [9.17, 15) is 4.79 Å². The Morgan fingerprint density at radius 1 is 1.40 bits per heavy atom. The second-order valence-electron chi connectivity index (χ2n) is 4.12. The smallest absolute Gasteiger partial charge is 0.224 e. The topological polar surface area (TPSA) is 101 Å². The Bertz CT molecular complexity index is 593. The van der Waals surface area contributed by atoms with Gasteiger partial charge >= 0.3 is 0 Å². The lowest BCUT2D eigenvalue weighted by molar-refractivity contribution is -0.120. The van der Waals surface area contributed by atoms with Crippen molar-refractivity contribution in [2.45, 2.75) is 13.0 Å². The first-order chi connectivity index (χ1) is 9.69. The number of hydrogen-bond acceptors (Lipinski definition) is 5. The summed E-state index contributed by atoms with van der Waals surface area (Å²) >= 11 is 1.50. The van der Waals surface area contributed by atoms with Gasteiger partial charge in [0.15, 0.2) is 5.84 Å². The van der Waals surface area contributed by atoms with Crippen LogP contribution >= 0.6 is 11.3 Å². The summed E-state index contributed by atoms with van der Waals surface area (Å²) in [5, 5.41) is 16.2. The number of amides is 1. The highest BCUT2D eigenvalue weighted by Crippen LogP contribution is 2.05. The Hall–Kier alpha value is -2.41. The summed E-state index contributed by atoms with van der Waals surface area (Å²) in [5.41, 5.74) is 9.51. The third kappa shape index (κ3) is 3.79. The first-order valence-electron chi connectivity index (χ1n) is 5.89. The average Bonchev–Trinajstić information content (AvgIpc) is 2.98. The maximum atomic E-state index is 11.8. The van der Waals surface area contributed by atoms with E-state index in [0.717, 1.165) is 11.3 Å². The molecule has 104 valence electrons. The van der Waals surface area contributed by atoms with E-state index in [1.165, 1.54) is 11.3 Å². The van der Waals surface area contributed by atoms with Gasteiger partial charge in [0.2, 0.25) is 5.91 Å². The van der Waals surface area contributed by atoms with Crippen LogP contribution < -0.4 is 11.1 Å². The highest BCUT2D eigenvalue weighted by atomic mass is 32.1. The van der Waals surface area contributed by atoms with Crippen LogP contribution in [0.5, 0.6) is 0 Å². The maximum absolute atomic E-state index is 11.8. The molecule has 0 radical (unpaired) electrons. The fraction of sp³-hybridized carbons (Fsp3) is 0.154. The minimum absolute atomic E-state index is 0.0459. The zero-order valence-electron chi connectivity index (χ0n) is 10.6. The largest absolute Gasteiger partial charge is 0.409 e. The van der Waals surface area contributed by atoms with Crippen LogP contribution in [0.1, 0.15) is 16.8 Å². The zero-order valence-corrected chi connectivity index (χ0v) is 11.4. The van der Waals surface area contributed by atoms with Gasteiger partial charge in [0.05, 0.1) is 24.2 Å². The number of aromatic nitrogens is 1. The standard InChI is InChI=1S/C13H14N4O2S/c14-13(17-19)10-3-1-9(2-4-10)5-12(18)15-6-11-7-20-8-16-11/h1-4,7-8,19H,5-6H2,(H2,14,17)(H,15,18). The van der Waals surface area contributed by atoms with Crippen molar-refractivity contribution in [2.24, 2.45) is 10.9 Å². The van der Waals surface area contributed by atoms with Gasteiger partial charge in [-0.3, -0.25) is 4.79 Å². The number of nitrogens with two attached hydrogens (primary N) is 1. The lowest BCUT2D eigenvalue weighted by atomic mass is 10.1. The molecule has 6 nitrogen and oxygen atoms in total. The van der Waals surface area contributed by atoms with Crippen molar-refractivity contribution in [3.8, 4) is 0 Å². The molecule has 1 aromatic carbocycles. The predicted octanol–water partition coefficient (Wildman–Crippen LogP) is 1.10. The molecule has 0 aliphatic rings. The van der Waals surface area contributed by atoms with E-state index in [0.29, 0.717) is 12.1 Å². The van der Waals surface area contributed by atoms with Gasteiger partial charge in [-0.05, 0) is 5.56 Å². The van der Waals surface area contributed by atoms with Crippen LogP contribution in [0, 0.1) is 0 Å². The number of benzene rings is 1. The molecule has 0 bridgehead atoms. The number of hydrogen-bond donors (Lipinski definition) is 3. The molecule has 2 rings (SSSR count). The van der Waals surface area contributed by atoms with Crippen molar-refractivity contribution < 1.29 is 10.0 Å². The lowest BCUT2D eigenvalue weighted by Crippen LogP contribution is -2.24. The van der Waals surface area contributed by atoms with E-state index >= 15 is 0 Å². The molecule has 4 N–H and O–H groups in total. The fourth-order valence-corrected chi connectivity index (χ4v) is 2.17. The van der Waals surface area contributed by atoms with Gasteiger partial charge in [0, 0.05) is 10.9 Å². The van der Waals surface area contributed by atoms with Crippen molar-refractivity contribution in [1.29, 1.82) is 0 Å². The van der Waals surface area contributed by atoms with Crippen LogP contribution in [0.2, 0.25) is 0 Å². The average molecular weight is 290 g/mol. The van der Waals surface area contributed by atoms with Crippen LogP contribution in [-0.2, 0) is 17.8 Å². The second kappa shape index (κ2) is 6.67. The Morgan fingerprint density at radius 2 is 2.15 bits per heavy atom. The van der Waals surface area contributed by atoms with Gasteiger partial charge in [-0.25, -0.2) is 4.98 Å². The molecule has 0 aliphatic carbocycles. The van der Waals surface area contributed by atoms with Crippen molar-refractivity contribution in [3.63, 3.8) is 0 Å². The van der Waals surface area contributed by atoms with Gasteiger partial charge in [-0.15, -0.1) is 11.3 Å². The van der Waals surface area contributed by atoms with Gasteiger partial charge in [-0.2, -0.15) is 0 Å². The number of amidine groups is 1.